The van der Waals surface area contributed by atoms with Crippen LogP contribution in [0.15, 0.2) is 0 Å². The van der Waals surface area contributed by atoms with Crippen LogP contribution in [0.5, 0.6) is 0 Å². The van der Waals surface area contributed by atoms with Gasteiger partial charge in [0.05, 0.1) is 5.41 Å². The number of nitrogens with zero attached hydrogens (tertiary/aromatic N) is 1. The molecule has 0 aliphatic carbocycles. The van der Waals surface area contributed by atoms with Gasteiger partial charge in [0.25, 0.3) is 0 Å². The van der Waals surface area contributed by atoms with E-state index in [1.807, 2.05) is 34.6 Å². The van der Waals surface area contributed by atoms with Gasteiger partial charge >= 0.3 is 6.09 Å². The highest BCUT2D eigenvalue weighted by molar-refractivity contribution is 5.84. The SMILES string of the molecule is CC(=O)C1(C(C)C)CCN(C(=O)OC(C)(C)C)C1. The molecule has 1 amide bonds. The zero-order chi connectivity index (χ0) is 14.1. The molecule has 0 N–H and O–H groups in total. The zero-order valence-corrected chi connectivity index (χ0v) is 12.4. The van der Waals surface area contributed by atoms with Gasteiger partial charge in [-0.15, -0.1) is 0 Å². The van der Waals surface area contributed by atoms with Crippen molar-refractivity contribution in [3.8, 4) is 0 Å². The maximum atomic E-state index is 12.0. The molecule has 0 radical (unpaired) electrons. The molecule has 0 aromatic heterocycles. The lowest BCUT2D eigenvalue weighted by Gasteiger charge is -2.31. The van der Waals surface area contributed by atoms with Crippen molar-refractivity contribution in [2.75, 3.05) is 13.1 Å². The largest absolute Gasteiger partial charge is 0.444 e. The van der Waals surface area contributed by atoms with Gasteiger partial charge in [-0.25, -0.2) is 4.79 Å². The van der Waals surface area contributed by atoms with E-state index in [1.165, 1.54) is 0 Å². The number of carbonyl (C=O) groups excluding carboxylic acids is 2. The van der Waals surface area contributed by atoms with Crippen LogP contribution in [0.3, 0.4) is 0 Å². The molecule has 1 saturated heterocycles. The molecule has 1 fully saturated rings. The summed E-state index contributed by atoms with van der Waals surface area (Å²) >= 11 is 0. The summed E-state index contributed by atoms with van der Waals surface area (Å²) in [7, 11) is 0. The van der Waals surface area contributed by atoms with Crippen LogP contribution in [0, 0.1) is 11.3 Å². The fourth-order valence-corrected chi connectivity index (χ4v) is 2.48. The molecule has 0 aromatic rings. The second-order valence-corrected chi connectivity index (χ2v) is 6.52. The third kappa shape index (κ3) is 3.03. The number of hydrogen-bond acceptors (Lipinski definition) is 3. The lowest BCUT2D eigenvalue weighted by Crippen LogP contribution is -2.41. The quantitative estimate of drug-likeness (QED) is 0.762. The molecular weight excluding hydrogens is 230 g/mol. The van der Waals surface area contributed by atoms with E-state index in [1.54, 1.807) is 11.8 Å². The third-order valence-electron chi connectivity index (χ3n) is 3.76. The number of Topliss-reactive ketones (excluding diaryl/α,β-unsaturated/α-hetero) is 1. The molecule has 4 nitrogen and oxygen atoms in total. The molecule has 1 unspecified atom stereocenters. The van der Waals surface area contributed by atoms with Crippen molar-refractivity contribution < 1.29 is 14.3 Å². The minimum Gasteiger partial charge on any atom is -0.444 e. The second kappa shape index (κ2) is 4.90. The van der Waals surface area contributed by atoms with E-state index in [0.29, 0.717) is 13.1 Å². The highest BCUT2D eigenvalue weighted by Crippen LogP contribution is 2.39. The number of amides is 1. The Bertz CT molecular complexity index is 343. The van der Waals surface area contributed by atoms with E-state index < -0.39 is 11.0 Å². The molecule has 1 heterocycles. The minimum atomic E-state index is -0.490. The Hall–Kier alpha value is -1.06. The van der Waals surface area contributed by atoms with E-state index in [9.17, 15) is 9.59 Å². The standard InChI is InChI=1S/C14H25NO3/c1-10(2)14(11(3)16)7-8-15(9-14)12(17)18-13(4,5)6/h10H,7-9H2,1-6H3. The Morgan fingerprint density at radius 1 is 1.28 bits per heavy atom. The van der Waals surface area contributed by atoms with Crippen molar-refractivity contribution in [2.24, 2.45) is 11.3 Å². The van der Waals surface area contributed by atoms with Gasteiger partial charge < -0.3 is 9.64 Å². The molecule has 0 spiro atoms. The fourth-order valence-electron chi connectivity index (χ4n) is 2.48. The van der Waals surface area contributed by atoms with Crippen molar-refractivity contribution >= 4 is 11.9 Å². The van der Waals surface area contributed by atoms with E-state index in [4.69, 9.17) is 4.74 Å². The Balaban J connectivity index is 2.76. The smallest absolute Gasteiger partial charge is 0.410 e. The zero-order valence-electron chi connectivity index (χ0n) is 12.4. The van der Waals surface area contributed by atoms with Crippen LogP contribution in [0.1, 0.15) is 48.0 Å². The third-order valence-corrected chi connectivity index (χ3v) is 3.76. The summed E-state index contributed by atoms with van der Waals surface area (Å²) in [5, 5.41) is 0. The number of carbonyl (C=O) groups is 2. The first kappa shape index (κ1) is 15.0. The first-order valence-electron chi connectivity index (χ1n) is 6.57. The summed E-state index contributed by atoms with van der Waals surface area (Å²) in [5.74, 6) is 0.408. The molecule has 0 saturated carbocycles. The van der Waals surface area contributed by atoms with Crippen molar-refractivity contribution in [2.45, 2.75) is 53.6 Å². The lowest BCUT2D eigenvalue weighted by atomic mass is 9.73. The lowest BCUT2D eigenvalue weighted by molar-refractivity contribution is -0.128. The van der Waals surface area contributed by atoms with E-state index in [2.05, 4.69) is 0 Å². The molecule has 1 aliphatic heterocycles. The number of likely N-dealkylation sites (tertiary alicyclic amines) is 1. The number of ketones is 1. The average Bonchev–Trinajstić information content (AvgIpc) is 2.59. The predicted octanol–water partition coefficient (Wildman–Crippen LogP) is 2.86. The first-order valence-corrected chi connectivity index (χ1v) is 6.57. The molecule has 18 heavy (non-hydrogen) atoms. The molecular formula is C14H25NO3. The fraction of sp³-hybridized carbons (Fsp3) is 0.857. The minimum absolute atomic E-state index is 0.170. The van der Waals surface area contributed by atoms with Crippen molar-refractivity contribution in [1.29, 1.82) is 0 Å². The van der Waals surface area contributed by atoms with Crippen molar-refractivity contribution in [1.82, 2.24) is 4.90 Å². The Morgan fingerprint density at radius 3 is 2.17 bits per heavy atom. The van der Waals surface area contributed by atoms with Gasteiger partial charge in [0.15, 0.2) is 0 Å². The Labute approximate surface area is 110 Å². The molecule has 1 aliphatic rings. The van der Waals surface area contributed by atoms with Crippen LogP contribution in [0.4, 0.5) is 4.79 Å². The van der Waals surface area contributed by atoms with Crippen LogP contribution >= 0.6 is 0 Å². The van der Waals surface area contributed by atoms with Gasteiger partial charge in [-0.3, -0.25) is 4.79 Å². The van der Waals surface area contributed by atoms with Gasteiger partial charge in [-0.2, -0.15) is 0 Å². The summed E-state index contributed by atoms with van der Waals surface area (Å²) in [6.07, 6.45) is 0.422. The monoisotopic (exact) mass is 255 g/mol. The molecule has 4 heteroatoms. The van der Waals surface area contributed by atoms with E-state index in [-0.39, 0.29) is 17.8 Å². The molecule has 1 atom stereocenters. The highest BCUT2D eigenvalue weighted by atomic mass is 16.6. The van der Waals surface area contributed by atoms with Crippen molar-refractivity contribution in [3.63, 3.8) is 0 Å². The molecule has 1 rings (SSSR count). The first-order chi connectivity index (χ1) is 8.08. The van der Waals surface area contributed by atoms with Crippen LogP contribution in [0.2, 0.25) is 0 Å². The topological polar surface area (TPSA) is 46.6 Å². The molecule has 104 valence electrons. The number of hydrogen-bond donors (Lipinski definition) is 0. The van der Waals surface area contributed by atoms with Gasteiger partial charge in [-0.1, -0.05) is 13.8 Å². The van der Waals surface area contributed by atoms with Gasteiger partial charge in [0.1, 0.15) is 11.4 Å². The van der Waals surface area contributed by atoms with Crippen LogP contribution in [-0.2, 0) is 9.53 Å². The van der Waals surface area contributed by atoms with Crippen LogP contribution in [0.25, 0.3) is 0 Å². The predicted molar refractivity (Wildman–Crippen MR) is 70.4 cm³/mol. The van der Waals surface area contributed by atoms with Crippen LogP contribution < -0.4 is 0 Å². The average molecular weight is 255 g/mol. The summed E-state index contributed by atoms with van der Waals surface area (Å²) in [6.45, 7) is 12.3. The highest BCUT2D eigenvalue weighted by Gasteiger charge is 2.46. The van der Waals surface area contributed by atoms with Crippen LogP contribution in [-0.4, -0.2) is 35.5 Å². The second-order valence-electron chi connectivity index (χ2n) is 6.52. The maximum absolute atomic E-state index is 12.0. The van der Waals surface area contributed by atoms with Gasteiger partial charge in [0.2, 0.25) is 0 Å². The van der Waals surface area contributed by atoms with E-state index >= 15 is 0 Å². The molecule has 0 aromatic carbocycles. The number of ether oxygens (including phenoxy) is 1. The Morgan fingerprint density at radius 2 is 1.83 bits per heavy atom. The van der Waals surface area contributed by atoms with Gasteiger partial charge in [0, 0.05) is 13.1 Å². The summed E-state index contributed by atoms with van der Waals surface area (Å²) in [6, 6.07) is 0. The Kier molecular flexibility index (Phi) is 4.08. The maximum Gasteiger partial charge on any atom is 0.410 e. The number of rotatable bonds is 2. The van der Waals surface area contributed by atoms with Crippen molar-refractivity contribution in [3.05, 3.63) is 0 Å². The summed E-state index contributed by atoms with van der Waals surface area (Å²) in [5.41, 5.74) is -0.882. The normalized spacial score (nSPS) is 24.5. The van der Waals surface area contributed by atoms with E-state index in [0.717, 1.165) is 6.42 Å². The summed E-state index contributed by atoms with van der Waals surface area (Å²) < 4.78 is 5.35. The molecule has 0 bridgehead atoms. The summed E-state index contributed by atoms with van der Waals surface area (Å²) in [4.78, 5) is 25.5. The van der Waals surface area contributed by atoms with Gasteiger partial charge in [-0.05, 0) is 40.0 Å².